The first kappa shape index (κ1) is 30.1. The van der Waals surface area contributed by atoms with Gasteiger partial charge in [0.25, 0.3) is 0 Å². The van der Waals surface area contributed by atoms with Gasteiger partial charge in [0.05, 0.1) is 43.9 Å². The lowest BCUT2D eigenvalue weighted by atomic mass is 9.80. The number of carbonyl (C=O) groups excluding carboxylic acids is 4. The molecule has 4 N–H and O–H groups in total. The quantitative estimate of drug-likeness (QED) is 0.157. The molecule has 1 unspecified atom stereocenters. The normalized spacial score (nSPS) is 14.0. The Bertz CT molecular complexity index is 1220. The van der Waals surface area contributed by atoms with Crippen LogP contribution in [0.4, 0.5) is 11.4 Å². The van der Waals surface area contributed by atoms with Crippen molar-refractivity contribution in [2.45, 2.75) is 31.6 Å². The number of nitrogens with one attached hydrogen (secondary N) is 4. The summed E-state index contributed by atoms with van der Waals surface area (Å²) in [6.07, 6.45) is 1.61. The zero-order chi connectivity index (χ0) is 29.0. The topological polar surface area (TPSA) is 153 Å². The Hall–Kier alpha value is -4.43. The summed E-state index contributed by atoms with van der Waals surface area (Å²) in [5.74, 6) is -1.12. The number of methoxy groups -OCH3 is 1. The van der Waals surface area contributed by atoms with Crippen molar-refractivity contribution < 1.29 is 23.9 Å². The van der Waals surface area contributed by atoms with Gasteiger partial charge in [-0.2, -0.15) is 5.26 Å². The fourth-order valence-electron chi connectivity index (χ4n) is 4.43. The average molecular weight is 549 g/mol. The van der Waals surface area contributed by atoms with Gasteiger partial charge < -0.3 is 30.9 Å². The first-order chi connectivity index (χ1) is 19.2. The van der Waals surface area contributed by atoms with Crippen molar-refractivity contribution in [3.05, 3.63) is 59.7 Å². The molecule has 0 aliphatic carbocycles. The van der Waals surface area contributed by atoms with E-state index in [0.29, 0.717) is 18.7 Å². The van der Waals surface area contributed by atoms with E-state index in [0.717, 1.165) is 29.8 Å². The lowest BCUT2D eigenvalue weighted by molar-refractivity contribution is -0.143. The van der Waals surface area contributed by atoms with E-state index in [1.165, 1.54) is 7.11 Å². The summed E-state index contributed by atoms with van der Waals surface area (Å²) < 4.78 is 4.54. The Morgan fingerprint density at radius 3 is 2.20 bits per heavy atom. The molecule has 11 nitrogen and oxygen atoms in total. The number of amides is 2. The molecule has 0 bridgehead atoms. The third kappa shape index (κ3) is 8.54. The molecule has 1 atom stereocenters. The summed E-state index contributed by atoms with van der Waals surface area (Å²) >= 11 is 0. The molecule has 11 heteroatoms. The largest absolute Gasteiger partial charge is 0.469 e. The summed E-state index contributed by atoms with van der Waals surface area (Å²) in [5.41, 5.74) is 1.93. The SMILES string of the molecule is COC(=O)CC(=O)CNCC(C)(C(=O)N1CCCC1)c1ccc(NCNC(=O)CNc2ccc(C#N)cc2)cc1. The van der Waals surface area contributed by atoms with Gasteiger partial charge in [0.1, 0.15) is 6.42 Å². The molecule has 0 radical (unpaired) electrons. The van der Waals surface area contributed by atoms with Gasteiger partial charge >= 0.3 is 5.97 Å². The lowest BCUT2D eigenvalue weighted by Crippen LogP contribution is -2.50. The molecule has 1 heterocycles. The zero-order valence-corrected chi connectivity index (χ0v) is 22.9. The maximum absolute atomic E-state index is 13.5. The molecule has 0 spiro atoms. The molecule has 2 aromatic carbocycles. The highest BCUT2D eigenvalue weighted by Crippen LogP contribution is 2.29. The maximum Gasteiger partial charge on any atom is 0.313 e. The van der Waals surface area contributed by atoms with Crippen LogP contribution in [0.2, 0.25) is 0 Å². The number of hydrogen-bond donors (Lipinski definition) is 4. The first-order valence-electron chi connectivity index (χ1n) is 13.2. The van der Waals surface area contributed by atoms with E-state index < -0.39 is 11.4 Å². The van der Waals surface area contributed by atoms with Crippen LogP contribution in [0.25, 0.3) is 0 Å². The van der Waals surface area contributed by atoms with Crippen LogP contribution in [0.1, 0.15) is 37.3 Å². The minimum absolute atomic E-state index is 0.0133. The number of rotatable bonds is 14. The fraction of sp³-hybridized carbons (Fsp3) is 0.414. The average Bonchev–Trinajstić information content (AvgIpc) is 3.51. The number of hydrogen-bond acceptors (Lipinski definition) is 9. The highest BCUT2D eigenvalue weighted by atomic mass is 16.5. The number of ether oxygens (including phenoxy) is 1. The number of likely N-dealkylation sites (tertiary alicyclic amines) is 1. The van der Waals surface area contributed by atoms with Crippen LogP contribution >= 0.6 is 0 Å². The van der Waals surface area contributed by atoms with E-state index in [1.807, 2.05) is 42.2 Å². The number of esters is 1. The third-order valence-corrected chi connectivity index (χ3v) is 6.80. The van der Waals surface area contributed by atoms with Gasteiger partial charge in [-0.15, -0.1) is 0 Å². The number of ketones is 1. The van der Waals surface area contributed by atoms with Gasteiger partial charge in [-0.3, -0.25) is 19.2 Å². The standard InChI is InChI=1S/C29H36N6O5/c1-29(28(39)35-13-3-4-14-35,19-31-17-25(36)15-27(38)40-2)22-7-11-24(12-8-22)33-20-34-26(37)18-32-23-9-5-21(16-30)6-10-23/h5-12,31-33H,3-4,13-15,17-20H2,1-2H3,(H,34,37). The van der Waals surface area contributed by atoms with E-state index >= 15 is 0 Å². The zero-order valence-electron chi connectivity index (χ0n) is 22.9. The van der Waals surface area contributed by atoms with E-state index in [1.54, 1.807) is 24.3 Å². The maximum atomic E-state index is 13.5. The van der Waals surface area contributed by atoms with Crippen molar-refractivity contribution in [3.63, 3.8) is 0 Å². The number of carbonyl (C=O) groups is 4. The smallest absolute Gasteiger partial charge is 0.313 e. The summed E-state index contributed by atoms with van der Waals surface area (Å²) in [5, 5.41) is 20.8. The van der Waals surface area contributed by atoms with Gasteiger partial charge in [-0.25, -0.2) is 0 Å². The molecule has 0 saturated carbocycles. The molecule has 212 valence electrons. The second-order valence-electron chi connectivity index (χ2n) is 9.80. The summed E-state index contributed by atoms with van der Waals surface area (Å²) in [6.45, 7) is 3.74. The Morgan fingerprint density at radius 1 is 0.950 bits per heavy atom. The second kappa shape index (κ2) is 14.6. The van der Waals surface area contributed by atoms with E-state index in [-0.39, 0.29) is 50.3 Å². The van der Waals surface area contributed by atoms with E-state index in [2.05, 4.69) is 26.0 Å². The molecular weight excluding hydrogens is 512 g/mol. The highest BCUT2D eigenvalue weighted by Gasteiger charge is 2.39. The Morgan fingerprint density at radius 2 is 1.57 bits per heavy atom. The molecule has 1 aliphatic heterocycles. The summed E-state index contributed by atoms with van der Waals surface area (Å²) in [4.78, 5) is 51.0. The highest BCUT2D eigenvalue weighted by molar-refractivity contribution is 5.96. The Labute approximate surface area is 234 Å². The fourth-order valence-corrected chi connectivity index (χ4v) is 4.43. The molecule has 2 amide bonds. The van der Waals surface area contributed by atoms with Crippen LogP contribution in [0.3, 0.4) is 0 Å². The lowest BCUT2D eigenvalue weighted by Gasteiger charge is -2.33. The number of Topliss-reactive ketones (excluding diaryl/α,β-unsaturated/α-hetero) is 1. The van der Waals surface area contributed by atoms with Crippen molar-refractivity contribution in [2.75, 3.05) is 57.1 Å². The number of nitrogens with zero attached hydrogens (tertiary/aromatic N) is 2. The molecule has 0 aromatic heterocycles. The van der Waals surface area contributed by atoms with Crippen molar-refractivity contribution >= 4 is 34.9 Å². The second-order valence-corrected chi connectivity index (χ2v) is 9.80. The van der Waals surface area contributed by atoms with Crippen LogP contribution in [0.5, 0.6) is 0 Å². The number of benzene rings is 2. The summed E-state index contributed by atoms with van der Waals surface area (Å²) in [7, 11) is 1.23. The van der Waals surface area contributed by atoms with Gasteiger partial charge in [0, 0.05) is 31.0 Å². The molecule has 3 rings (SSSR count). The molecular formula is C29H36N6O5. The van der Waals surface area contributed by atoms with Crippen LogP contribution < -0.4 is 21.3 Å². The van der Waals surface area contributed by atoms with Gasteiger partial charge in [0.2, 0.25) is 11.8 Å². The van der Waals surface area contributed by atoms with Crippen molar-refractivity contribution in [3.8, 4) is 6.07 Å². The van der Waals surface area contributed by atoms with Gasteiger partial charge in [-0.1, -0.05) is 12.1 Å². The minimum Gasteiger partial charge on any atom is -0.469 e. The van der Waals surface area contributed by atoms with Gasteiger partial charge in [-0.05, 0) is 61.7 Å². The monoisotopic (exact) mass is 548 g/mol. The number of nitriles is 1. The Kier molecular flexibility index (Phi) is 11.0. The molecule has 1 saturated heterocycles. The van der Waals surface area contributed by atoms with E-state index in [4.69, 9.17) is 5.26 Å². The minimum atomic E-state index is -0.917. The van der Waals surface area contributed by atoms with Crippen molar-refractivity contribution in [2.24, 2.45) is 0 Å². The number of anilines is 2. The van der Waals surface area contributed by atoms with E-state index in [9.17, 15) is 19.2 Å². The van der Waals surface area contributed by atoms with Crippen LogP contribution in [-0.2, 0) is 29.3 Å². The van der Waals surface area contributed by atoms with Crippen molar-refractivity contribution in [1.29, 1.82) is 5.26 Å². The predicted molar refractivity (Wildman–Crippen MR) is 150 cm³/mol. The molecule has 1 aliphatic rings. The Balaban J connectivity index is 1.54. The molecule has 2 aromatic rings. The summed E-state index contributed by atoms with van der Waals surface area (Å²) in [6, 6.07) is 16.3. The van der Waals surface area contributed by atoms with Crippen LogP contribution in [0, 0.1) is 11.3 Å². The third-order valence-electron chi connectivity index (χ3n) is 6.80. The molecule has 1 fully saturated rings. The predicted octanol–water partition coefficient (Wildman–Crippen LogP) is 1.76. The first-order valence-corrected chi connectivity index (χ1v) is 13.2. The van der Waals surface area contributed by atoms with Crippen LogP contribution in [-0.4, -0.2) is 75.0 Å². The van der Waals surface area contributed by atoms with Crippen LogP contribution in [0.15, 0.2) is 48.5 Å². The van der Waals surface area contributed by atoms with Crippen molar-refractivity contribution in [1.82, 2.24) is 15.5 Å². The molecule has 40 heavy (non-hydrogen) atoms. The van der Waals surface area contributed by atoms with Gasteiger partial charge in [0.15, 0.2) is 5.78 Å².